The molecule has 286 valence electrons. The smallest absolute Gasteiger partial charge is 0.346 e. The Kier molecular flexibility index (Phi) is 13.0. The van der Waals surface area contributed by atoms with Crippen LogP contribution in [-0.2, 0) is 29.4 Å². The Morgan fingerprint density at radius 2 is 1.52 bits per heavy atom. The average Bonchev–Trinajstić information content (AvgIpc) is 3.26. The van der Waals surface area contributed by atoms with Gasteiger partial charge in [0.1, 0.15) is 18.1 Å². The van der Waals surface area contributed by atoms with E-state index in [1.165, 1.54) is 32.1 Å². The Hall–Kier alpha value is -3.25. The third kappa shape index (κ3) is 10.2. The van der Waals surface area contributed by atoms with E-state index in [0.717, 1.165) is 8.61 Å². The van der Waals surface area contributed by atoms with Gasteiger partial charge < -0.3 is 26.2 Å². The van der Waals surface area contributed by atoms with E-state index < -0.39 is 98.7 Å². The summed E-state index contributed by atoms with van der Waals surface area (Å²) in [5, 5.41) is 9.70. The minimum Gasteiger partial charge on any atom is -0.346 e. The molecule has 0 aromatic heterocycles. The van der Waals surface area contributed by atoms with E-state index >= 15 is 0 Å². The molecule has 0 aromatic rings. The highest BCUT2D eigenvalue weighted by molar-refractivity contribution is 7.86. The first kappa shape index (κ1) is 42.9. The number of halogens is 3. The molecule has 0 bridgehead atoms. The molecular weight excluding hydrogens is 683 g/mol. The Bertz CT molecular complexity index is 1440. The first-order chi connectivity index (χ1) is 22.5. The molecule has 1 saturated heterocycles. The van der Waals surface area contributed by atoms with E-state index in [-0.39, 0.29) is 25.6 Å². The van der Waals surface area contributed by atoms with Gasteiger partial charge in [0.25, 0.3) is 16.1 Å². The summed E-state index contributed by atoms with van der Waals surface area (Å²) in [5.74, 6) is -5.17. The maximum absolute atomic E-state index is 14.3. The number of alkyl halides is 3. The molecule has 2 rings (SSSR count). The number of amides is 5. The molecule has 1 aliphatic heterocycles. The number of ketones is 1. The summed E-state index contributed by atoms with van der Waals surface area (Å²) in [5.41, 5.74) is -2.02. The van der Waals surface area contributed by atoms with Gasteiger partial charge in [-0.1, -0.05) is 61.5 Å². The van der Waals surface area contributed by atoms with Crippen molar-refractivity contribution in [1.82, 2.24) is 34.8 Å². The number of piperidine rings is 1. The van der Waals surface area contributed by atoms with Crippen LogP contribution >= 0.6 is 0 Å². The summed E-state index contributed by atoms with van der Waals surface area (Å²) in [4.78, 5) is 67.8. The second kappa shape index (κ2) is 15.2. The SMILES string of the molecule is C=CCNC(=O)C(=O)C(CC(F)(F)F)NC(=O)[C@@H]1[C@@H]2[C@H](CN1C(=O)[C@@H](NC(=O)N[C@H](CN(C)S(=O)(=O)N(C)C)C(C)(C)C)C(C)(C)C)C2(C)C. The Balaban J connectivity index is 2.38. The first-order valence-electron chi connectivity index (χ1n) is 16.3. The van der Waals surface area contributed by atoms with Crippen molar-refractivity contribution in [2.45, 2.75) is 92.2 Å². The van der Waals surface area contributed by atoms with Crippen molar-refractivity contribution in [3.8, 4) is 0 Å². The van der Waals surface area contributed by atoms with E-state index in [2.05, 4.69) is 27.8 Å². The van der Waals surface area contributed by atoms with E-state index in [0.29, 0.717) is 0 Å². The number of rotatable bonds is 14. The summed E-state index contributed by atoms with van der Waals surface area (Å²) in [7, 11) is 0.323. The summed E-state index contributed by atoms with van der Waals surface area (Å²) in [6, 6.07) is -6.26. The molecule has 0 spiro atoms. The number of urea groups is 1. The standard InChI is InChI=1S/C32H54F3N7O7S/c1-13-14-36-26(45)23(43)19(15-32(33,34)35)37-25(44)22-21-18(31(21,8)9)16-42(22)27(46)24(30(5,6)7)39-28(47)38-20(29(2,3)4)17-41(12)50(48,49)40(10)11/h13,18-22,24H,1,14-17H2,2-12H3,(H,36,45)(H,37,44)(H2,38,39,47)/t18-,19?,20+,21-,22-,24+/m0/s1. The van der Waals surface area contributed by atoms with E-state index in [9.17, 15) is 45.6 Å². The number of nitrogens with one attached hydrogen (secondary N) is 4. The van der Waals surface area contributed by atoms with Crippen molar-refractivity contribution < 1.29 is 45.6 Å². The number of hydrogen-bond donors (Lipinski definition) is 4. The number of carbonyl (C=O) groups is 5. The first-order valence-corrected chi connectivity index (χ1v) is 17.7. The van der Waals surface area contributed by atoms with Crippen molar-refractivity contribution in [2.24, 2.45) is 28.1 Å². The van der Waals surface area contributed by atoms with Crippen LogP contribution in [0.1, 0.15) is 61.8 Å². The maximum Gasteiger partial charge on any atom is 0.391 e. The van der Waals surface area contributed by atoms with Crippen molar-refractivity contribution in [2.75, 3.05) is 40.8 Å². The molecule has 1 saturated carbocycles. The quantitative estimate of drug-likeness (QED) is 0.155. The number of carbonyl (C=O) groups excluding carboxylic acids is 5. The number of hydrogen-bond acceptors (Lipinski definition) is 7. The number of likely N-dealkylation sites (tertiary alicyclic amines) is 1. The maximum atomic E-state index is 14.3. The monoisotopic (exact) mass is 737 g/mol. The normalized spacial score (nSPS) is 22.2. The van der Waals surface area contributed by atoms with Crippen LogP contribution in [-0.4, -0.2) is 123 Å². The van der Waals surface area contributed by atoms with Crippen LogP contribution in [0.2, 0.25) is 0 Å². The molecule has 1 heterocycles. The largest absolute Gasteiger partial charge is 0.391 e. The fraction of sp³-hybridized carbons (Fsp3) is 0.781. The zero-order chi connectivity index (χ0) is 38.9. The van der Waals surface area contributed by atoms with Gasteiger partial charge in [0.15, 0.2) is 0 Å². The zero-order valence-corrected chi connectivity index (χ0v) is 31.6. The van der Waals surface area contributed by atoms with Gasteiger partial charge in [0, 0.05) is 46.8 Å². The lowest BCUT2D eigenvalue weighted by molar-refractivity contribution is -0.155. The van der Waals surface area contributed by atoms with Gasteiger partial charge in [-0.15, -0.1) is 6.58 Å². The molecule has 14 nitrogen and oxygen atoms in total. The predicted octanol–water partition coefficient (Wildman–Crippen LogP) is 1.64. The molecule has 1 aliphatic carbocycles. The van der Waals surface area contributed by atoms with Crippen LogP contribution in [0.5, 0.6) is 0 Å². The van der Waals surface area contributed by atoms with Crippen molar-refractivity contribution in [3.63, 3.8) is 0 Å². The number of nitrogens with zero attached hydrogens (tertiary/aromatic N) is 3. The molecule has 2 fully saturated rings. The van der Waals surface area contributed by atoms with E-state index in [4.69, 9.17) is 0 Å². The van der Waals surface area contributed by atoms with Gasteiger partial charge in [0.05, 0.1) is 6.42 Å². The van der Waals surface area contributed by atoms with Crippen LogP contribution in [0.3, 0.4) is 0 Å². The van der Waals surface area contributed by atoms with Crippen LogP contribution in [0.15, 0.2) is 12.7 Å². The third-order valence-electron chi connectivity index (χ3n) is 9.49. The van der Waals surface area contributed by atoms with Gasteiger partial charge in [-0.05, 0) is 28.1 Å². The molecule has 6 atom stereocenters. The lowest BCUT2D eigenvalue weighted by Crippen LogP contribution is -2.63. The lowest BCUT2D eigenvalue weighted by Gasteiger charge is -2.39. The fourth-order valence-electron chi connectivity index (χ4n) is 6.23. The zero-order valence-electron chi connectivity index (χ0n) is 30.8. The van der Waals surface area contributed by atoms with Crippen molar-refractivity contribution in [3.05, 3.63) is 12.7 Å². The predicted molar refractivity (Wildman–Crippen MR) is 180 cm³/mol. The average molecular weight is 738 g/mol. The highest BCUT2D eigenvalue weighted by Crippen LogP contribution is 2.65. The van der Waals surface area contributed by atoms with Crippen LogP contribution in [0.25, 0.3) is 0 Å². The van der Waals surface area contributed by atoms with Crippen LogP contribution in [0.4, 0.5) is 18.0 Å². The van der Waals surface area contributed by atoms with Gasteiger partial charge in [-0.3, -0.25) is 19.2 Å². The summed E-state index contributed by atoms with van der Waals surface area (Å²) < 4.78 is 68.0. The molecule has 4 N–H and O–H groups in total. The second-order valence-corrected chi connectivity index (χ2v) is 18.3. The fourth-order valence-corrected chi connectivity index (χ4v) is 7.13. The van der Waals surface area contributed by atoms with Crippen LogP contribution in [0, 0.1) is 28.1 Å². The van der Waals surface area contributed by atoms with Gasteiger partial charge in [0.2, 0.25) is 17.6 Å². The summed E-state index contributed by atoms with van der Waals surface area (Å²) in [6.45, 7) is 17.4. The highest BCUT2D eigenvalue weighted by atomic mass is 32.2. The van der Waals surface area contributed by atoms with Crippen molar-refractivity contribution in [1.29, 1.82) is 0 Å². The third-order valence-corrected chi connectivity index (χ3v) is 11.4. The highest BCUT2D eigenvalue weighted by Gasteiger charge is 2.70. The number of fused-ring (bicyclic) bond motifs is 1. The van der Waals surface area contributed by atoms with Crippen molar-refractivity contribution >= 4 is 39.7 Å². The molecule has 18 heteroatoms. The minimum atomic E-state index is -4.91. The van der Waals surface area contributed by atoms with E-state index in [1.54, 1.807) is 20.8 Å². The van der Waals surface area contributed by atoms with Gasteiger partial charge in [-0.2, -0.15) is 30.2 Å². The summed E-state index contributed by atoms with van der Waals surface area (Å²) >= 11 is 0. The Morgan fingerprint density at radius 1 is 0.960 bits per heavy atom. The number of likely N-dealkylation sites (N-methyl/N-ethyl adjacent to an activating group) is 1. The molecule has 5 amide bonds. The molecule has 2 aliphatic rings. The second-order valence-electron chi connectivity index (χ2n) is 16.0. The Morgan fingerprint density at radius 3 is 1.98 bits per heavy atom. The Labute approximate surface area is 293 Å². The summed E-state index contributed by atoms with van der Waals surface area (Å²) in [6.07, 6.45) is -5.48. The molecular formula is C32H54F3N7O7S. The van der Waals surface area contributed by atoms with E-state index in [1.807, 2.05) is 34.6 Å². The van der Waals surface area contributed by atoms with Gasteiger partial charge in [-0.25, -0.2) is 4.79 Å². The topological polar surface area (TPSA) is 177 Å². The molecule has 1 unspecified atom stereocenters. The minimum absolute atomic E-state index is 0.0694. The molecule has 0 aromatic carbocycles. The lowest BCUT2D eigenvalue weighted by atomic mass is 9.85. The van der Waals surface area contributed by atoms with Crippen LogP contribution < -0.4 is 21.3 Å². The molecule has 0 radical (unpaired) electrons. The molecule has 50 heavy (non-hydrogen) atoms. The van der Waals surface area contributed by atoms with Gasteiger partial charge >= 0.3 is 12.2 Å². The number of Topliss-reactive ketones (excluding diaryl/α,β-unsaturated/α-hetero) is 1.